The minimum absolute atomic E-state index is 0.127. The molecule has 4 nitrogen and oxygen atoms in total. The molecule has 13 heavy (non-hydrogen) atoms. The molecule has 0 bridgehead atoms. The monoisotopic (exact) mass is 204 g/mol. The van der Waals surface area contributed by atoms with Gasteiger partial charge in [-0.1, -0.05) is 6.08 Å². The van der Waals surface area contributed by atoms with Crippen molar-refractivity contribution in [2.75, 3.05) is 18.8 Å². The van der Waals surface area contributed by atoms with Crippen LogP contribution in [0.25, 0.3) is 0 Å². The van der Waals surface area contributed by atoms with Crippen molar-refractivity contribution in [2.45, 2.75) is 18.9 Å². The van der Waals surface area contributed by atoms with E-state index in [1.165, 1.54) is 0 Å². The third-order valence-electron chi connectivity index (χ3n) is 2.03. The maximum atomic E-state index is 11.3. The second-order valence-electron chi connectivity index (χ2n) is 3.21. The van der Waals surface area contributed by atoms with E-state index in [4.69, 9.17) is 0 Å². The number of nitrogens with one attached hydrogen (secondary N) is 2. The van der Waals surface area contributed by atoms with Gasteiger partial charge in [0.2, 0.25) is 10.0 Å². The predicted octanol–water partition coefficient (Wildman–Crippen LogP) is -0.156. The molecule has 1 fully saturated rings. The predicted molar refractivity (Wildman–Crippen MR) is 53.0 cm³/mol. The third-order valence-corrected chi connectivity index (χ3v) is 3.48. The Morgan fingerprint density at radius 1 is 1.62 bits per heavy atom. The molecular formula is C8H16N2O2S. The first kappa shape index (κ1) is 10.7. The number of sulfonamides is 1. The summed E-state index contributed by atoms with van der Waals surface area (Å²) >= 11 is 0. The van der Waals surface area contributed by atoms with Crippen LogP contribution in [-0.4, -0.2) is 33.3 Å². The number of hydrogen-bond donors (Lipinski definition) is 2. The summed E-state index contributed by atoms with van der Waals surface area (Å²) in [7, 11) is -3.11. The normalized spacial score (nSPS) is 23.2. The molecule has 0 aromatic rings. The van der Waals surface area contributed by atoms with Crippen LogP contribution in [0, 0.1) is 0 Å². The van der Waals surface area contributed by atoms with Gasteiger partial charge >= 0.3 is 0 Å². The summed E-state index contributed by atoms with van der Waals surface area (Å²) in [5, 5.41) is 3.14. The van der Waals surface area contributed by atoms with Gasteiger partial charge in [0.1, 0.15) is 0 Å². The molecule has 5 heteroatoms. The van der Waals surface area contributed by atoms with E-state index in [0.29, 0.717) is 6.54 Å². The van der Waals surface area contributed by atoms with Crippen molar-refractivity contribution >= 4 is 10.0 Å². The molecule has 0 spiro atoms. The first-order chi connectivity index (χ1) is 6.14. The molecule has 0 aliphatic carbocycles. The van der Waals surface area contributed by atoms with Crippen molar-refractivity contribution in [3.63, 3.8) is 0 Å². The van der Waals surface area contributed by atoms with E-state index in [0.717, 1.165) is 19.4 Å². The van der Waals surface area contributed by atoms with Gasteiger partial charge in [0.25, 0.3) is 0 Å². The standard InChI is InChI=1S/C8H16N2O2S/c1-2-5-10-13(11,12)7-8-4-3-6-9-8/h2,8-10H,1,3-7H2. The van der Waals surface area contributed by atoms with Crippen LogP contribution < -0.4 is 10.0 Å². The average Bonchev–Trinajstić information content (AvgIpc) is 2.52. The van der Waals surface area contributed by atoms with Crippen molar-refractivity contribution in [3.8, 4) is 0 Å². The first-order valence-electron chi connectivity index (χ1n) is 4.45. The van der Waals surface area contributed by atoms with Crippen LogP contribution in [0.15, 0.2) is 12.7 Å². The van der Waals surface area contributed by atoms with Gasteiger partial charge in [0.15, 0.2) is 0 Å². The molecule has 1 heterocycles. The van der Waals surface area contributed by atoms with E-state index < -0.39 is 10.0 Å². The zero-order valence-electron chi connectivity index (χ0n) is 7.62. The molecule has 0 amide bonds. The first-order valence-corrected chi connectivity index (χ1v) is 6.11. The highest BCUT2D eigenvalue weighted by Gasteiger charge is 2.20. The van der Waals surface area contributed by atoms with Gasteiger partial charge in [-0.2, -0.15) is 0 Å². The highest BCUT2D eigenvalue weighted by Crippen LogP contribution is 2.06. The van der Waals surface area contributed by atoms with Gasteiger partial charge < -0.3 is 5.32 Å². The lowest BCUT2D eigenvalue weighted by molar-refractivity contribution is 0.567. The summed E-state index contributed by atoms with van der Waals surface area (Å²) in [6.07, 6.45) is 3.57. The highest BCUT2D eigenvalue weighted by atomic mass is 32.2. The molecule has 1 unspecified atom stereocenters. The minimum Gasteiger partial charge on any atom is -0.313 e. The molecule has 1 aliphatic rings. The maximum absolute atomic E-state index is 11.3. The molecule has 1 aliphatic heterocycles. The SMILES string of the molecule is C=CCNS(=O)(=O)CC1CCCN1. The quantitative estimate of drug-likeness (QED) is 0.612. The van der Waals surface area contributed by atoms with Crippen LogP contribution in [-0.2, 0) is 10.0 Å². The van der Waals surface area contributed by atoms with Crippen molar-refractivity contribution < 1.29 is 8.42 Å². The number of rotatable bonds is 5. The fraction of sp³-hybridized carbons (Fsp3) is 0.750. The summed E-state index contributed by atoms with van der Waals surface area (Å²) < 4.78 is 25.1. The largest absolute Gasteiger partial charge is 0.313 e. The Balaban J connectivity index is 2.36. The van der Waals surface area contributed by atoms with E-state index in [1.54, 1.807) is 6.08 Å². The fourth-order valence-corrected chi connectivity index (χ4v) is 2.71. The smallest absolute Gasteiger partial charge is 0.213 e. The van der Waals surface area contributed by atoms with Crippen molar-refractivity contribution in [1.29, 1.82) is 0 Å². The molecule has 0 aromatic carbocycles. The van der Waals surface area contributed by atoms with Crippen molar-refractivity contribution in [3.05, 3.63) is 12.7 Å². The molecule has 76 valence electrons. The zero-order valence-corrected chi connectivity index (χ0v) is 8.44. The molecule has 1 saturated heterocycles. The third kappa shape index (κ3) is 3.89. The summed E-state index contributed by atoms with van der Waals surface area (Å²) in [6, 6.07) is 0.127. The van der Waals surface area contributed by atoms with Gasteiger partial charge in [0.05, 0.1) is 5.75 Å². The Morgan fingerprint density at radius 2 is 2.38 bits per heavy atom. The topological polar surface area (TPSA) is 58.2 Å². The molecule has 1 atom stereocenters. The van der Waals surface area contributed by atoms with E-state index in [2.05, 4.69) is 16.6 Å². The van der Waals surface area contributed by atoms with E-state index in [9.17, 15) is 8.42 Å². The van der Waals surface area contributed by atoms with Gasteiger partial charge in [-0.15, -0.1) is 6.58 Å². The Hall–Kier alpha value is -0.390. The summed E-state index contributed by atoms with van der Waals surface area (Å²) in [6.45, 7) is 4.70. The molecular weight excluding hydrogens is 188 g/mol. The van der Waals surface area contributed by atoms with Crippen molar-refractivity contribution in [1.82, 2.24) is 10.0 Å². The molecule has 0 aromatic heterocycles. The molecule has 0 saturated carbocycles. The Bertz CT molecular complexity index is 255. The Labute approximate surface area is 79.5 Å². The summed E-state index contributed by atoms with van der Waals surface area (Å²) in [4.78, 5) is 0. The van der Waals surface area contributed by atoms with Crippen LogP contribution >= 0.6 is 0 Å². The lowest BCUT2D eigenvalue weighted by Crippen LogP contribution is -2.36. The Kier molecular flexibility index (Phi) is 3.90. The lowest BCUT2D eigenvalue weighted by atomic mass is 10.3. The van der Waals surface area contributed by atoms with Crippen LogP contribution in [0.4, 0.5) is 0 Å². The van der Waals surface area contributed by atoms with Crippen LogP contribution in [0.2, 0.25) is 0 Å². The van der Waals surface area contributed by atoms with Crippen LogP contribution in [0.1, 0.15) is 12.8 Å². The summed E-state index contributed by atoms with van der Waals surface area (Å²) in [5.74, 6) is 0.181. The zero-order chi connectivity index (χ0) is 9.73. The van der Waals surface area contributed by atoms with Crippen LogP contribution in [0.3, 0.4) is 0 Å². The Morgan fingerprint density at radius 3 is 2.92 bits per heavy atom. The van der Waals surface area contributed by atoms with Gasteiger partial charge in [-0.05, 0) is 19.4 Å². The maximum Gasteiger partial charge on any atom is 0.213 e. The summed E-state index contributed by atoms with van der Waals surface area (Å²) in [5.41, 5.74) is 0. The van der Waals surface area contributed by atoms with Crippen LogP contribution in [0.5, 0.6) is 0 Å². The highest BCUT2D eigenvalue weighted by molar-refractivity contribution is 7.89. The van der Waals surface area contributed by atoms with Gasteiger partial charge in [-0.25, -0.2) is 13.1 Å². The minimum atomic E-state index is -3.11. The molecule has 1 rings (SSSR count). The second-order valence-corrected chi connectivity index (χ2v) is 5.06. The van der Waals surface area contributed by atoms with Crippen molar-refractivity contribution in [2.24, 2.45) is 0 Å². The molecule has 0 radical (unpaired) electrons. The van der Waals surface area contributed by atoms with E-state index >= 15 is 0 Å². The van der Waals surface area contributed by atoms with Gasteiger partial charge in [0, 0.05) is 12.6 Å². The number of hydrogen-bond acceptors (Lipinski definition) is 3. The second kappa shape index (κ2) is 4.74. The van der Waals surface area contributed by atoms with E-state index in [-0.39, 0.29) is 11.8 Å². The lowest BCUT2D eigenvalue weighted by Gasteiger charge is -2.10. The molecule has 2 N–H and O–H groups in total. The average molecular weight is 204 g/mol. The van der Waals surface area contributed by atoms with E-state index in [1.807, 2.05) is 0 Å². The van der Waals surface area contributed by atoms with Gasteiger partial charge in [-0.3, -0.25) is 0 Å². The fourth-order valence-electron chi connectivity index (χ4n) is 1.41.